The van der Waals surface area contributed by atoms with Gasteiger partial charge in [-0.1, -0.05) is 31.2 Å². The first-order valence-electron chi connectivity index (χ1n) is 7.65. The summed E-state index contributed by atoms with van der Waals surface area (Å²) < 4.78 is 5.72. The molecule has 2 aromatic carbocycles. The summed E-state index contributed by atoms with van der Waals surface area (Å²) in [4.78, 5) is 12.5. The summed E-state index contributed by atoms with van der Waals surface area (Å²) in [5, 5.41) is 13.9. The maximum atomic E-state index is 12.5. The SMILES string of the molecule is CCc1ccc2c(c1)C(=O)C(=Cc1cccc(-c3nn[nH]n3)c1)O2. The van der Waals surface area contributed by atoms with Crippen molar-refractivity contribution in [2.24, 2.45) is 0 Å². The Kier molecular flexibility index (Phi) is 3.42. The van der Waals surface area contributed by atoms with Crippen LogP contribution < -0.4 is 4.74 Å². The van der Waals surface area contributed by atoms with Crippen molar-refractivity contribution in [3.63, 3.8) is 0 Å². The van der Waals surface area contributed by atoms with Crippen molar-refractivity contribution in [2.45, 2.75) is 13.3 Å². The van der Waals surface area contributed by atoms with Gasteiger partial charge in [-0.25, -0.2) is 0 Å². The standard InChI is InChI=1S/C18H14N4O2/c1-2-11-6-7-15-14(9-11)17(23)16(24-15)10-12-4-3-5-13(8-12)18-19-21-22-20-18/h3-10H,2H2,1H3,(H,19,20,21,22). The van der Waals surface area contributed by atoms with Crippen LogP contribution in [0.4, 0.5) is 0 Å². The number of nitrogens with zero attached hydrogens (tertiary/aromatic N) is 3. The van der Waals surface area contributed by atoms with E-state index in [1.54, 1.807) is 6.08 Å². The number of hydrogen-bond donors (Lipinski definition) is 1. The highest BCUT2D eigenvalue weighted by Crippen LogP contribution is 2.33. The number of rotatable bonds is 3. The number of H-pyrrole nitrogens is 1. The lowest BCUT2D eigenvalue weighted by molar-refractivity contribution is 0.101. The van der Waals surface area contributed by atoms with E-state index in [1.165, 1.54) is 0 Å². The summed E-state index contributed by atoms with van der Waals surface area (Å²) in [5.41, 5.74) is 3.39. The van der Waals surface area contributed by atoms with Crippen LogP contribution in [0.1, 0.15) is 28.4 Å². The van der Waals surface area contributed by atoms with Crippen LogP contribution in [0.5, 0.6) is 5.75 Å². The molecule has 2 heterocycles. The van der Waals surface area contributed by atoms with Gasteiger partial charge in [0.25, 0.3) is 0 Å². The summed E-state index contributed by atoms with van der Waals surface area (Å²) in [6, 6.07) is 13.3. The number of allylic oxidation sites excluding steroid dienone is 1. The van der Waals surface area contributed by atoms with Crippen LogP contribution in [-0.2, 0) is 6.42 Å². The van der Waals surface area contributed by atoms with Crippen LogP contribution in [0.15, 0.2) is 48.2 Å². The number of benzene rings is 2. The third kappa shape index (κ3) is 2.48. The zero-order valence-corrected chi connectivity index (χ0v) is 13.0. The van der Waals surface area contributed by atoms with Crippen molar-refractivity contribution in [2.75, 3.05) is 0 Å². The number of nitrogens with one attached hydrogen (secondary N) is 1. The highest BCUT2D eigenvalue weighted by Gasteiger charge is 2.27. The quantitative estimate of drug-likeness (QED) is 0.751. The molecule has 1 aliphatic rings. The van der Waals surface area contributed by atoms with E-state index < -0.39 is 0 Å². The average molecular weight is 318 g/mol. The van der Waals surface area contributed by atoms with Gasteiger partial charge < -0.3 is 4.74 Å². The minimum Gasteiger partial charge on any atom is -0.452 e. The number of carbonyl (C=O) groups excluding carboxylic acids is 1. The number of ketones is 1. The molecule has 118 valence electrons. The number of Topliss-reactive ketones (excluding diaryl/α,β-unsaturated/α-hetero) is 1. The molecule has 24 heavy (non-hydrogen) atoms. The number of aromatic amines is 1. The minimum atomic E-state index is -0.0923. The molecule has 6 heteroatoms. The van der Waals surface area contributed by atoms with Gasteiger partial charge in [-0.15, -0.1) is 10.2 Å². The molecule has 0 unspecified atom stereocenters. The topological polar surface area (TPSA) is 80.8 Å². The van der Waals surface area contributed by atoms with Crippen LogP contribution in [-0.4, -0.2) is 26.4 Å². The molecule has 1 N–H and O–H groups in total. The summed E-state index contributed by atoms with van der Waals surface area (Å²) >= 11 is 0. The normalized spacial score (nSPS) is 14.7. The Morgan fingerprint density at radius 3 is 2.92 bits per heavy atom. The minimum absolute atomic E-state index is 0.0923. The van der Waals surface area contributed by atoms with E-state index in [0.29, 0.717) is 22.9 Å². The van der Waals surface area contributed by atoms with Crippen LogP contribution in [0.3, 0.4) is 0 Å². The summed E-state index contributed by atoms with van der Waals surface area (Å²) in [7, 11) is 0. The van der Waals surface area contributed by atoms with Gasteiger partial charge in [0.1, 0.15) is 5.75 Å². The predicted molar refractivity (Wildman–Crippen MR) is 88.4 cm³/mol. The van der Waals surface area contributed by atoms with E-state index in [4.69, 9.17) is 4.74 Å². The third-order valence-electron chi connectivity index (χ3n) is 3.93. The molecule has 0 aliphatic carbocycles. The third-order valence-corrected chi connectivity index (χ3v) is 3.93. The van der Waals surface area contributed by atoms with E-state index in [2.05, 4.69) is 27.5 Å². The molecule has 0 bridgehead atoms. The lowest BCUT2D eigenvalue weighted by Crippen LogP contribution is -1.98. The molecule has 1 aliphatic heterocycles. The van der Waals surface area contributed by atoms with Crippen molar-refractivity contribution in [1.82, 2.24) is 20.6 Å². The Bertz CT molecular complexity index is 945. The van der Waals surface area contributed by atoms with Crippen LogP contribution in [0.2, 0.25) is 0 Å². The lowest BCUT2D eigenvalue weighted by atomic mass is 10.0. The van der Waals surface area contributed by atoms with Gasteiger partial charge in [0.2, 0.25) is 11.6 Å². The molecule has 0 amide bonds. The maximum Gasteiger partial charge on any atom is 0.231 e. The lowest BCUT2D eigenvalue weighted by Gasteiger charge is -2.00. The molecule has 0 atom stereocenters. The molecule has 0 saturated carbocycles. The smallest absolute Gasteiger partial charge is 0.231 e. The van der Waals surface area contributed by atoms with E-state index in [-0.39, 0.29) is 5.78 Å². The Morgan fingerprint density at radius 1 is 1.21 bits per heavy atom. The first-order valence-corrected chi connectivity index (χ1v) is 7.65. The van der Waals surface area contributed by atoms with Crippen LogP contribution in [0.25, 0.3) is 17.5 Å². The molecule has 0 saturated heterocycles. The highest BCUT2D eigenvalue weighted by molar-refractivity contribution is 6.14. The second kappa shape index (κ2) is 5.73. The van der Waals surface area contributed by atoms with Crippen molar-refractivity contribution in [3.8, 4) is 17.1 Å². The number of ether oxygens (including phenoxy) is 1. The van der Waals surface area contributed by atoms with Crippen molar-refractivity contribution < 1.29 is 9.53 Å². The number of fused-ring (bicyclic) bond motifs is 1. The molecule has 6 nitrogen and oxygen atoms in total. The van der Waals surface area contributed by atoms with Crippen LogP contribution >= 0.6 is 0 Å². The zero-order valence-electron chi connectivity index (χ0n) is 13.0. The Hall–Kier alpha value is -3.28. The van der Waals surface area contributed by atoms with Gasteiger partial charge in [-0.2, -0.15) is 5.21 Å². The fourth-order valence-electron chi connectivity index (χ4n) is 2.66. The predicted octanol–water partition coefficient (Wildman–Crippen LogP) is 3.05. The number of aryl methyl sites for hydroxylation is 1. The first-order chi connectivity index (χ1) is 11.7. The van der Waals surface area contributed by atoms with E-state index in [0.717, 1.165) is 23.1 Å². The largest absolute Gasteiger partial charge is 0.452 e. The van der Waals surface area contributed by atoms with Gasteiger partial charge in [0.15, 0.2) is 5.76 Å². The van der Waals surface area contributed by atoms with Gasteiger partial charge in [0, 0.05) is 5.56 Å². The molecule has 3 aromatic rings. The van der Waals surface area contributed by atoms with E-state index in [1.807, 2.05) is 42.5 Å². The van der Waals surface area contributed by atoms with E-state index in [9.17, 15) is 4.79 Å². The van der Waals surface area contributed by atoms with Gasteiger partial charge in [-0.3, -0.25) is 4.79 Å². The van der Waals surface area contributed by atoms with Crippen molar-refractivity contribution in [3.05, 3.63) is 64.9 Å². The van der Waals surface area contributed by atoms with Gasteiger partial charge in [0.05, 0.1) is 5.56 Å². The second-order valence-corrected chi connectivity index (χ2v) is 5.48. The second-order valence-electron chi connectivity index (χ2n) is 5.48. The summed E-state index contributed by atoms with van der Waals surface area (Å²) in [6.07, 6.45) is 2.61. The monoisotopic (exact) mass is 318 g/mol. The van der Waals surface area contributed by atoms with Gasteiger partial charge >= 0.3 is 0 Å². The molecular weight excluding hydrogens is 304 g/mol. The zero-order chi connectivity index (χ0) is 16.5. The maximum absolute atomic E-state index is 12.5. The molecule has 0 radical (unpaired) electrons. The molecule has 0 fully saturated rings. The number of tetrazole rings is 1. The Labute approximate surface area is 138 Å². The van der Waals surface area contributed by atoms with E-state index >= 15 is 0 Å². The Balaban J connectivity index is 1.68. The Morgan fingerprint density at radius 2 is 2.12 bits per heavy atom. The van der Waals surface area contributed by atoms with Crippen LogP contribution in [0, 0.1) is 0 Å². The first kappa shape index (κ1) is 14.3. The number of carbonyl (C=O) groups is 1. The van der Waals surface area contributed by atoms with Crippen molar-refractivity contribution in [1.29, 1.82) is 0 Å². The molecule has 0 spiro atoms. The number of aromatic nitrogens is 4. The fourth-order valence-corrected chi connectivity index (χ4v) is 2.66. The molecular formula is C18H14N4O2. The number of hydrogen-bond acceptors (Lipinski definition) is 5. The van der Waals surface area contributed by atoms with Crippen molar-refractivity contribution >= 4 is 11.9 Å². The summed E-state index contributed by atoms with van der Waals surface area (Å²) in [6.45, 7) is 2.06. The molecule has 1 aromatic heterocycles. The summed E-state index contributed by atoms with van der Waals surface area (Å²) in [5.74, 6) is 1.34. The molecule has 4 rings (SSSR count). The fraction of sp³-hybridized carbons (Fsp3) is 0.111. The average Bonchev–Trinajstić information content (AvgIpc) is 3.24. The van der Waals surface area contributed by atoms with Gasteiger partial charge in [-0.05, 0) is 47.0 Å². The highest BCUT2D eigenvalue weighted by atomic mass is 16.5.